The van der Waals surface area contributed by atoms with Crippen LogP contribution in [0.3, 0.4) is 0 Å². The lowest BCUT2D eigenvalue weighted by molar-refractivity contribution is -0.161. The summed E-state index contributed by atoms with van der Waals surface area (Å²) in [6.45, 7) is 2.50. The van der Waals surface area contributed by atoms with Crippen molar-refractivity contribution in [2.75, 3.05) is 19.8 Å². The van der Waals surface area contributed by atoms with Gasteiger partial charge in [0.25, 0.3) is 0 Å². The maximum absolute atomic E-state index is 12.8. The van der Waals surface area contributed by atoms with Crippen LogP contribution in [0.4, 0.5) is 0 Å². The molecule has 0 saturated heterocycles. The van der Waals surface area contributed by atoms with Gasteiger partial charge in [0.15, 0.2) is 6.10 Å². The van der Waals surface area contributed by atoms with Gasteiger partial charge in [0.2, 0.25) is 0 Å². The number of ketones is 1. The van der Waals surface area contributed by atoms with Gasteiger partial charge in [-0.15, -0.1) is 0 Å². The molecule has 0 aromatic rings. The van der Waals surface area contributed by atoms with Crippen LogP contribution in [-0.2, 0) is 42.3 Å². The second kappa shape index (κ2) is 39.8. The summed E-state index contributed by atoms with van der Waals surface area (Å²) in [5, 5.41) is 29.7. The van der Waals surface area contributed by atoms with Gasteiger partial charge >= 0.3 is 25.7 Å². The van der Waals surface area contributed by atoms with Crippen LogP contribution >= 0.6 is 7.82 Å². The lowest BCUT2D eigenvalue weighted by Crippen LogP contribution is -2.34. The highest BCUT2D eigenvalue weighted by Gasteiger charge is 2.39. The summed E-state index contributed by atoms with van der Waals surface area (Å²) in [4.78, 5) is 59.0. The number of unbranched alkanes of at least 4 members (excludes halogenated alkanes) is 25. The molecule has 65 heavy (non-hydrogen) atoms. The van der Waals surface area contributed by atoms with E-state index in [1.807, 2.05) is 0 Å². The number of esters is 2. The second-order valence-corrected chi connectivity index (χ2v) is 19.9. The average Bonchev–Trinajstić information content (AvgIpc) is 3.54. The van der Waals surface area contributed by atoms with Gasteiger partial charge in [0.05, 0.1) is 25.4 Å². The van der Waals surface area contributed by atoms with Gasteiger partial charge in [-0.1, -0.05) is 193 Å². The number of hydrogen-bond donors (Lipinski definition) is 5. The number of hydrogen-bond acceptors (Lipinski definition) is 12. The number of carboxylic acids is 1. The summed E-state index contributed by atoms with van der Waals surface area (Å²) < 4.78 is 32.8. The first-order valence-corrected chi connectivity index (χ1v) is 27.3. The van der Waals surface area contributed by atoms with Crippen molar-refractivity contribution in [3.8, 4) is 0 Å². The fourth-order valence-corrected chi connectivity index (χ4v) is 9.09. The van der Waals surface area contributed by atoms with Gasteiger partial charge in [-0.25, -0.2) is 4.57 Å². The number of phosphoric ester groups is 1. The van der Waals surface area contributed by atoms with Crippen LogP contribution in [0.2, 0.25) is 0 Å². The van der Waals surface area contributed by atoms with E-state index < -0.39 is 69.9 Å². The monoisotopic (exact) mass is 946 g/mol. The van der Waals surface area contributed by atoms with E-state index in [0.717, 1.165) is 44.9 Å². The Labute approximate surface area is 392 Å². The second-order valence-electron chi connectivity index (χ2n) is 18.4. The Bertz CT molecular complexity index is 1320. The van der Waals surface area contributed by atoms with E-state index in [-0.39, 0.29) is 36.9 Å². The third-order valence-electron chi connectivity index (χ3n) is 12.4. The average molecular weight is 946 g/mol. The highest BCUT2D eigenvalue weighted by Crippen LogP contribution is 2.43. The number of phosphoric acid groups is 1. The smallest absolute Gasteiger partial charge is 0.472 e. The molecule has 380 valence electrons. The molecule has 0 aromatic heterocycles. The third-order valence-corrected chi connectivity index (χ3v) is 13.4. The van der Waals surface area contributed by atoms with Gasteiger partial charge in [0, 0.05) is 31.1 Å². The van der Waals surface area contributed by atoms with Crippen molar-refractivity contribution >= 4 is 31.5 Å². The Kier molecular flexibility index (Phi) is 37.2. The van der Waals surface area contributed by atoms with E-state index in [9.17, 15) is 38.8 Å². The molecule has 1 saturated carbocycles. The molecule has 7 atom stereocenters. The number of nitrogens with two attached hydrogens (primary N) is 1. The highest BCUT2D eigenvalue weighted by molar-refractivity contribution is 7.47. The van der Waals surface area contributed by atoms with Crippen LogP contribution in [0.5, 0.6) is 0 Å². The number of Topliss-reactive ketones (excluding diaryl/α,β-unsaturated/α-hetero) is 1. The van der Waals surface area contributed by atoms with Crippen molar-refractivity contribution in [2.24, 2.45) is 17.6 Å². The molecule has 1 fully saturated rings. The molecule has 14 nitrogen and oxygen atoms in total. The van der Waals surface area contributed by atoms with Crippen LogP contribution in [0, 0.1) is 11.8 Å². The molecule has 0 heterocycles. The van der Waals surface area contributed by atoms with Crippen LogP contribution in [-0.4, -0.2) is 88.1 Å². The molecule has 0 spiro atoms. The van der Waals surface area contributed by atoms with Crippen LogP contribution < -0.4 is 5.73 Å². The molecule has 0 bridgehead atoms. The van der Waals surface area contributed by atoms with Crippen molar-refractivity contribution < 1.29 is 62.5 Å². The van der Waals surface area contributed by atoms with E-state index in [0.29, 0.717) is 38.5 Å². The molecule has 0 aliphatic heterocycles. The molecule has 6 N–H and O–H groups in total. The Hall–Kier alpha value is -2.19. The standard InChI is InChI=1S/C50H92NO13P/c1-3-5-7-8-9-10-11-12-13-14-15-16-17-18-19-20-21-22-23-24-29-33-48(55)61-38-42(39-62-65(59,60)63-40-45(51)50(57)58)64-49(56)34-30-26-25-28-32-43-44(47(54)37-46(43)53)36-35-41(52)31-27-6-4-2/h35-36,41-45,47,52,54H,3-34,37-40,51H2,1-2H3,(H,57,58)(H,59,60)/b36-35+/t41-,42+,43+,44+,45-,47+/m0/s1. The Morgan fingerprint density at radius 1 is 0.677 bits per heavy atom. The van der Waals surface area contributed by atoms with Crippen LogP contribution in [0.1, 0.15) is 226 Å². The van der Waals surface area contributed by atoms with Gasteiger partial charge in [-0.2, -0.15) is 0 Å². The van der Waals surface area contributed by atoms with Crippen molar-refractivity contribution in [2.45, 2.75) is 250 Å². The van der Waals surface area contributed by atoms with Gasteiger partial charge in [0.1, 0.15) is 18.4 Å². The van der Waals surface area contributed by atoms with Gasteiger partial charge in [-0.05, 0) is 25.7 Å². The summed E-state index contributed by atoms with van der Waals surface area (Å²) in [5.74, 6) is -3.18. The van der Waals surface area contributed by atoms with Crippen molar-refractivity contribution in [3.63, 3.8) is 0 Å². The molecule has 1 aliphatic rings. The molecular formula is C50H92NO13P. The Morgan fingerprint density at radius 2 is 1.12 bits per heavy atom. The quantitative estimate of drug-likeness (QED) is 0.0166. The Morgan fingerprint density at radius 3 is 1.63 bits per heavy atom. The predicted molar refractivity (Wildman–Crippen MR) is 255 cm³/mol. The SMILES string of the molecule is CCCCCCCCCCCCCCCCCCCCCCCC(=O)OC[C@H](COP(=O)(O)OC[C@H](N)C(=O)O)OC(=O)CCCCCC[C@H]1C(=O)C[C@@H](O)[C@@H]1/C=C/[C@@H](O)CCCCC. The fourth-order valence-electron chi connectivity index (χ4n) is 8.32. The molecule has 0 aromatic carbocycles. The van der Waals surface area contributed by atoms with E-state index in [4.69, 9.17) is 24.8 Å². The molecule has 0 radical (unpaired) electrons. The van der Waals surface area contributed by atoms with E-state index >= 15 is 0 Å². The van der Waals surface area contributed by atoms with E-state index in [1.165, 1.54) is 109 Å². The van der Waals surface area contributed by atoms with E-state index in [1.54, 1.807) is 12.2 Å². The molecule has 0 amide bonds. The topological polar surface area (TPSA) is 229 Å². The largest absolute Gasteiger partial charge is 0.480 e. The molecular weight excluding hydrogens is 854 g/mol. The number of ether oxygens (including phenoxy) is 2. The number of aliphatic hydroxyl groups excluding tert-OH is 2. The summed E-state index contributed by atoms with van der Waals surface area (Å²) >= 11 is 0. The van der Waals surface area contributed by atoms with E-state index in [2.05, 4.69) is 18.4 Å². The van der Waals surface area contributed by atoms with Crippen LogP contribution in [0.15, 0.2) is 12.2 Å². The van der Waals surface area contributed by atoms with Gasteiger partial charge < -0.3 is 35.4 Å². The molecule has 1 aliphatic carbocycles. The summed E-state index contributed by atoms with van der Waals surface area (Å²) in [6, 6.07) is -1.56. The number of carbonyl (C=O) groups excluding carboxylic acids is 3. The minimum absolute atomic E-state index is 0.0172. The van der Waals surface area contributed by atoms with Gasteiger partial charge in [-0.3, -0.25) is 28.2 Å². The lowest BCUT2D eigenvalue weighted by Gasteiger charge is -2.20. The van der Waals surface area contributed by atoms with Crippen molar-refractivity contribution in [1.29, 1.82) is 0 Å². The van der Waals surface area contributed by atoms with Crippen molar-refractivity contribution in [3.05, 3.63) is 12.2 Å². The molecule has 1 unspecified atom stereocenters. The number of aliphatic hydroxyl groups is 2. The maximum atomic E-state index is 12.8. The minimum Gasteiger partial charge on any atom is -0.480 e. The first kappa shape index (κ1) is 60.8. The maximum Gasteiger partial charge on any atom is 0.472 e. The molecule has 1 rings (SSSR count). The summed E-state index contributed by atoms with van der Waals surface area (Å²) in [7, 11) is -4.79. The fraction of sp³-hybridized carbons (Fsp3) is 0.880. The number of carboxylic acid groups (broad SMARTS) is 1. The Balaban J connectivity index is 2.35. The minimum atomic E-state index is -4.79. The lowest BCUT2D eigenvalue weighted by atomic mass is 9.88. The highest BCUT2D eigenvalue weighted by atomic mass is 31.2. The zero-order chi connectivity index (χ0) is 48.0. The normalized spacial score (nSPS) is 18.7. The number of carbonyl (C=O) groups is 4. The zero-order valence-corrected chi connectivity index (χ0v) is 41.5. The number of rotatable bonds is 45. The predicted octanol–water partition coefficient (Wildman–Crippen LogP) is 11.0. The van der Waals surface area contributed by atoms with Crippen molar-refractivity contribution in [1.82, 2.24) is 0 Å². The number of aliphatic carboxylic acids is 1. The summed E-state index contributed by atoms with van der Waals surface area (Å²) in [6.07, 6.45) is 34.6. The third kappa shape index (κ3) is 33.9. The first-order valence-electron chi connectivity index (χ1n) is 25.8. The first-order chi connectivity index (χ1) is 31.3. The van der Waals surface area contributed by atoms with Crippen LogP contribution in [0.25, 0.3) is 0 Å². The molecule has 15 heteroatoms. The summed E-state index contributed by atoms with van der Waals surface area (Å²) in [5.41, 5.74) is 5.35. The zero-order valence-electron chi connectivity index (χ0n) is 40.6.